The van der Waals surface area contributed by atoms with Crippen molar-refractivity contribution in [3.05, 3.63) is 82.2 Å². The molecule has 1 aliphatic heterocycles. The van der Waals surface area contributed by atoms with Crippen molar-refractivity contribution in [1.82, 2.24) is 19.8 Å². The second-order valence-corrected chi connectivity index (χ2v) is 11.4. The summed E-state index contributed by atoms with van der Waals surface area (Å²) in [6, 6.07) is 9.83. The number of nitrogens with one attached hydrogen (secondary N) is 2. The number of hydrogen-bond acceptors (Lipinski definition) is 5. The van der Waals surface area contributed by atoms with E-state index in [1.54, 1.807) is 26.0 Å². The number of aromatic nitrogens is 2. The lowest BCUT2D eigenvalue weighted by molar-refractivity contribution is 0.0990. The maximum Gasteiger partial charge on any atom is 0.244 e. The number of carbonyl (C=O) groups is 1. The molecule has 0 saturated heterocycles. The Bertz CT molecular complexity index is 1370. The second kappa shape index (κ2) is 10.4. The zero-order valence-corrected chi connectivity index (χ0v) is 22.1. The van der Waals surface area contributed by atoms with Gasteiger partial charge in [0.1, 0.15) is 11.6 Å². The maximum atomic E-state index is 13.8. The highest BCUT2D eigenvalue weighted by atomic mass is 35.5. The van der Waals surface area contributed by atoms with Crippen LogP contribution in [0.5, 0.6) is 0 Å². The van der Waals surface area contributed by atoms with Crippen LogP contribution >= 0.6 is 12.4 Å². The number of carbonyl (C=O) groups excluding carboxylic acids is 1. The molecule has 2 N–H and O–H groups in total. The van der Waals surface area contributed by atoms with Crippen LogP contribution in [0.3, 0.4) is 0 Å². The summed E-state index contributed by atoms with van der Waals surface area (Å²) < 4.78 is 55.3. The van der Waals surface area contributed by atoms with E-state index in [4.69, 9.17) is 0 Å². The van der Waals surface area contributed by atoms with Gasteiger partial charge in [0.15, 0.2) is 5.78 Å². The second-order valence-electron chi connectivity index (χ2n) is 9.50. The lowest BCUT2D eigenvalue weighted by atomic mass is 9.97. The summed E-state index contributed by atoms with van der Waals surface area (Å²) in [6.45, 7) is 7.87. The molecule has 0 fully saturated rings. The minimum absolute atomic E-state index is 0. The fourth-order valence-corrected chi connectivity index (χ4v) is 6.15. The molecule has 7 nitrogen and oxygen atoms in total. The van der Waals surface area contributed by atoms with E-state index in [9.17, 15) is 22.0 Å². The third-order valence-electron chi connectivity index (χ3n) is 6.24. The van der Waals surface area contributed by atoms with Crippen LogP contribution in [0.2, 0.25) is 0 Å². The molecule has 0 aliphatic carbocycles. The standard InChI is InChI=1S/C25H28F2N4O3S.ClH/c1-15(2)28-13-16-7-5-6-8-20(16)23(32)12-22-21-14-31(25(3,4)24(21)30-29-22)35(33,34)19-10-17(26)9-18(27)11-19;/h5-11,15,28H,12-14H2,1-4H3,(H,29,30);1H. The summed E-state index contributed by atoms with van der Waals surface area (Å²) in [5.41, 5.74) is 1.97. The van der Waals surface area contributed by atoms with Crippen molar-refractivity contribution >= 4 is 28.2 Å². The van der Waals surface area contributed by atoms with Crippen molar-refractivity contribution in [3.63, 3.8) is 0 Å². The normalized spacial score (nSPS) is 15.1. The Balaban J connectivity index is 0.00000361. The Hall–Kier alpha value is -2.66. The van der Waals surface area contributed by atoms with Gasteiger partial charge in [0.2, 0.25) is 10.0 Å². The summed E-state index contributed by atoms with van der Waals surface area (Å²) in [4.78, 5) is 12.8. The van der Waals surface area contributed by atoms with Gasteiger partial charge in [-0.15, -0.1) is 12.4 Å². The first-order valence-electron chi connectivity index (χ1n) is 11.3. The molecule has 4 rings (SSSR count). The van der Waals surface area contributed by atoms with E-state index in [1.165, 1.54) is 0 Å². The number of aromatic amines is 1. The summed E-state index contributed by atoms with van der Waals surface area (Å²) in [7, 11) is -4.24. The van der Waals surface area contributed by atoms with Crippen molar-refractivity contribution in [2.75, 3.05) is 0 Å². The molecule has 0 amide bonds. The van der Waals surface area contributed by atoms with Crippen LogP contribution in [0.25, 0.3) is 0 Å². The number of fused-ring (bicyclic) bond motifs is 1. The highest BCUT2D eigenvalue weighted by Gasteiger charge is 2.48. The number of rotatable bonds is 8. The molecule has 3 aromatic rings. The molecular formula is C25H29ClF2N4O3S. The molecule has 0 spiro atoms. The highest BCUT2D eigenvalue weighted by molar-refractivity contribution is 7.89. The van der Waals surface area contributed by atoms with Crippen LogP contribution in [0, 0.1) is 11.6 Å². The van der Waals surface area contributed by atoms with Gasteiger partial charge in [0, 0.05) is 42.0 Å². The third-order valence-corrected chi connectivity index (χ3v) is 8.23. The van der Waals surface area contributed by atoms with Gasteiger partial charge in [-0.3, -0.25) is 9.89 Å². The molecule has 2 aromatic carbocycles. The van der Waals surface area contributed by atoms with Crippen molar-refractivity contribution < 1.29 is 22.0 Å². The molecule has 11 heteroatoms. The monoisotopic (exact) mass is 538 g/mol. The first-order valence-corrected chi connectivity index (χ1v) is 12.7. The van der Waals surface area contributed by atoms with Gasteiger partial charge >= 0.3 is 0 Å². The Morgan fingerprint density at radius 2 is 1.81 bits per heavy atom. The fourth-order valence-electron chi connectivity index (χ4n) is 4.39. The zero-order valence-electron chi connectivity index (χ0n) is 20.4. The van der Waals surface area contributed by atoms with Crippen molar-refractivity contribution in [2.45, 2.75) is 63.7 Å². The SMILES string of the molecule is CC(C)NCc1ccccc1C(=O)Cc1[nH]nc2c1CN(S(=O)(=O)c1cc(F)cc(F)c1)C2(C)C.Cl. The number of H-pyrrole nitrogens is 1. The molecule has 0 saturated carbocycles. The minimum atomic E-state index is -4.24. The minimum Gasteiger partial charge on any atom is -0.310 e. The maximum absolute atomic E-state index is 13.8. The van der Waals surface area contributed by atoms with E-state index in [1.807, 2.05) is 26.0 Å². The number of ketones is 1. The molecule has 0 atom stereocenters. The van der Waals surface area contributed by atoms with Gasteiger partial charge in [-0.25, -0.2) is 17.2 Å². The molecule has 1 aromatic heterocycles. The van der Waals surface area contributed by atoms with Gasteiger partial charge in [0.25, 0.3) is 0 Å². The van der Waals surface area contributed by atoms with Crippen LogP contribution < -0.4 is 5.32 Å². The average molecular weight is 539 g/mol. The predicted octanol–water partition coefficient (Wildman–Crippen LogP) is 4.47. The molecular weight excluding hydrogens is 510 g/mol. The number of sulfonamides is 1. The zero-order chi connectivity index (χ0) is 25.5. The topological polar surface area (TPSA) is 95.2 Å². The smallest absolute Gasteiger partial charge is 0.244 e. The van der Waals surface area contributed by atoms with Gasteiger partial charge in [-0.1, -0.05) is 38.1 Å². The number of benzene rings is 2. The first kappa shape index (κ1) is 27.9. The Kier molecular flexibility index (Phi) is 8.04. The van der Waals surface area contributed by atoms with E-state index < -0.39 is 32.1 Å². The van der Waals surface area contributed by atoms with E-state index in [2.05, 4.69) is 15.5 Å². The fraction of sp³-hybridized carbons (Fsp3) is 0.360. The molecule has 1 aliphatic rings. The van der Waals surface area contributed by atoms with Gasteiger partial charge in [-0.2, -0.15) is 9.40 Å². The van der Waals surface area contributed by atoms with Crippen molar-refractivity contribution in [1.29, 1.82) is 0 Å². The molecule has 194 valence electrons. The Morgan fingerprint density at radius 1 is 1.17 bits per heavy atom. The summed E-state index contributed by atoms with van der Waals surface area (Å²) in [5, 5.41) is 10.5. The van der Waals surface area contributed by atoms with Crippen LogP contribution in [0.1, 0.15) is 60.6 Å². The lowest BCUT2D eigenvalue weighted by Crippen LogP contribution is -2.40. The first-order chi connectivity index (χ1) is 16.4. The molecule has 0 bridgehead atoms. The Labute approximate surface area is 215 Å². The van der Waals surface area contributed by atoms with Crippen molar-refractivity contribution in [3.8, 4) is 0 Å². The van der Waals surface area contributed by atoms with Crippen LogP contribution in [-0.4, -0.2) is 34.7 Å². The Morgan fingerprint density at radius 3 is 2.44 bits per heavy atom. The predicted molar refractivity (Wildman–Crippen MR) is 134 cm³/mol. The average Bonchev–Trinajstić information content (AvgIpc) is 3.30. The lowest BCUT2D eigenvalue weighted by Gasteiger charge is -2.30. The summed E-state index contributed by atoms with van der Waals surface area (Å²) >= 11 is 0. The van der Waals surface area contributed by atoms with E-state index in [0.29, 0.717) is 35.1 Å². The number of Topliss-reactive ketones (excluding diaryl/α,β-unsaturated/α-hetero) is 1. The van der Waals surface area contributed by atoms with Gasteiger partial charge in [-0.05, 0) is 31.5 Å². The van der Waals surface area contributed by atoms with Crippen LogP contribution in [0.4, 0.5) is 8.78 Å². The third kappa shape index (κ3) is 5.22. The summed E-state index contributed by atoms with van der Waals surface area (Å²) in [5.74, 6) is -2.07. The molecule has 36 heavy (non-hydrogen) atoms. The van der Waals surface area contributed by atoms with Gasteiger partial charge in [0.05, 0.1) is 22.5 Å². The van der Waals surface area contributed by atoms with E-state index in [0.717, 1.165) is 22.0 Å². The largest absolute Gasteiger partial charge is 0.310 e. The van der Waals surface area contributed by atoms with Crippen LogP contribution in [-0.2, 0) is 35.1 Å². The van der Waals surface area contributed by atoms with E-state index >= 15 is 0 Å². The molecule has 0 radical (unpaired) electrons. The number of halogens is 3. The quantitative estimate of drug-likeness (QED) is 0.413. The number of nitrogens with zero attached hydrogens (tertiary/aromatic N) is 2. The highest BCUT2D eigenvalue weighted by Crippen LogP contribution is 2.42. The van der Waals surface area contributed by atoms with Crippen molar-refractivity contribution in [2.24, 2.45) is 0 Å². The molecule has 0 unspecified atom stereocenters. The summed E-state index contributed by atoms with van der Waals surface area (Å²) in [6.07, 6.45) is 0.0135. The van der Waals surface area contributed by atoms with E-state index in [-0.39, 0.29) is 37.2 Å². The van der Waals surface area contributed by atoms with Gasteiger partial charge < -0.3 is 5.32 Å². The molecule has 2 heterocycles. The van der Waals surface area contributed by atoms with Crippen LogP contribution in [0.15, 0.2) is 47.4 Å². The number of hydrogen-bond donors (Lipinski definition) is 2.